The summed E-state index contributed by atoms with van der Waals surface area (Å²) < 4.78 is 10.4. The van der Waals surface area contributed by atoms with Gasteiger partial charge in [-0.3, -0.25) is 10.6 Å². The van der Waals surface area contributed by atoms with Gasteiger partial charge < -0.3 is 19.4 Å². The maximum absolute atomic E-state index is 10.9. The molecule has 1 heterocycles. The van der Waals surface area contributed by atoms with Crippen molar-refractivity contribution in [3.8, 4) is 11.5 Å². The number of carbonyl (C=O) groups is 1. The monoisotopic (exact) mass is 316 g/mol. The zero-order valence-corrected chi connectivity index (χ0v) is 12.4. The molecule has 1 aliphatic heterocycles. The largest absolute Gasteiger partial charge is 0.545 e. The maximum atomic E-state index is 10.9. The van der Waals surface area contributed by atoms with Crippen molar-refractivity contribution in [3.05, 3.63) is 42.0 Å². The normalized spacial score (nSPS) is 12.7. The Morgan fingerprint density at radius 2 is 1.87 bits per heavy atom. The van der Waals surface area contributed by atoms with Crippen LogP contribution in [-0.4, -0.2) is 25.4 Å². The van der Waals surface area contributed by atoms with E-state index in [9.17, 15) is 15.1 Å². The fourth-order valence-corrected chi connectivity index (χ4v) is 2.32. The van der Waals surface area contributed by atoms with Crippen LogP contribution in [0.4, 0.5) is 17.1 Å². The number of nitrogens with zero attached hydrogens (tertiary/aromatic N) is 2. The first-order valence-electron chi connectivity index (χ1n) is 6.68. The van der Waals surface area contributed by atoms with E-state index in [1.165, 1.54) is 37.5 Å². The number of hydrazine groups is 2. The summed E-state index contributed by atoms with van der Waals surface area (Å²) in [6.07, 6.45) is 0. The smallest absolute Gasteiger partial charge is 0.149 e. The number of nitrogens with one attached hydrogen (secondary N) is 1. The second-order valence-corrected chi connectivity index (χ2v) is 4.77. The first kappa shape index (κ1) is 14.8. The molecular formula is C15H14N3O5-. The molecule has 0 amide bonds. The number of hydrogen-bond donors (Lipinski definition) is 2. The van der Waals surface area contributed by atoms with Gasteiger partial charge in [0.15, 0.2) is 0 Å². The lowest BCUT2D eigenvalue weighted by molar-refractivity contribution is -0.255. The van der Waals surface area contributed by atoms with Gasteiger partial charge in [0.05, 0.1) is 25.9 Å². The number of ether oxygens (including phenoxy) is 2. The Kier molecular flexibility index (Phi) is 3.59. The minimum Gasteiger partial charge on any atom is -0.545 e. The minimum absolute atomic E-state index is 0.00759. The van der Waals surface area contributed by atoms with E-state index >= 15 is 0 Å². The molecule has 0 aromatic heterocycles. The van der Waals surface area contributed by atoms with Crippen LogP contribution < -0.4 is 30.3 Å². The molecular weight excluding hydrogens is 302 g/mol. The van der Waals surface area contributed by atoms with Crippen LogP contribution in [0.2, 0.25) is 0 Å². The molecule has 0 fully saturated rings. The average molecular weight is 316 g/mol. The summed E-state index contributed by atoms with van der Waals surface area (Å²) in [6.45, 7) is 0. The summed E-state index contributed by atoms with van der Waals surface area (Å²) in [5, 5.41) is 23.4. The molecule has 8 heteroatoms. The number of fused-ring (bicyclic) bond motifs is 1. The SMILES string of the molecule is COc1ccc(N2Nc3cc(C(=O)[O-])ccc3N2O)c(OC)c1. The van der Waals surface area contributed by atoms with Crippen LogP contribution in [0.25, 0.3) is 0 Å². The molecule has 120 valence electrons. The van der Waals surface area contributed by atoms with Gasteiger partial charge in [-0.15, -0.1) is 5.17 Å². The second-order valence-electron chi connectivity index (χ2n) is 4.77. The Morgan fingerprint density at radius 3 is 2.52 bits per heavy atom. The van der Waals surface area contributed by atoms with Crippen molar-refractivity contribution in [3.63, 3.8) is 0 Å². The van der Waals surface area contributed by atoms with Gasteiger partial charge in [-0.25, -0.2) is 0 Å². The van der Waals surface area contributed by atoms with E-state index in [2.05, 4.69) is 5.43 Å². The number of carboxylic acids is 1. The molecule has 2 N–H and O–H groups in total. The molecule has 0 bridgehead atoms. The molecule has 8 nitrogen and oxygen atoms in total. The summed E-state index contributed by atoms with van der Waals surface area (Å²) in [5.41, 5.74) is 4.25. The number of aromatic carboxylic acids is 1. The van der Waals surface area contributed by atoms with Crippen molar-refractivity contribution in [2.45, 2.75) is 0 Å². The standard InChI is InChI=1S/C15H15N3O5/c1-22-10-4-6-13(14(8-10)23-2)17-16-11-7-9(15(19)20)3-5-12(11)18(17)21/h3-8,16,21H,1-2H3,(H,19,20)/p-1. The molecule has 2 aromatic rings. The van der Waals surface area contributed by atoms with E-state index in [4.69, 9.17) is 9.47 Å². The number of hydrogen-bond acceptors (Lipinski definition) is 8. The van der Waals surface area contributed by atoms with Crippen LogP contribution in [-0.2, 0) is 0 Å². The Hall–Kier alpha value is -3.13. The third-order valence-electron chi connectivity index (χ3n) is 3.48. The number of benzene rings is 2. The lowest BCUT2D eigenvalue weighted by Crippen LogP contribution is -2.39. The first-order valence-corrected chi connectivity index (χ1v) is 6.68. The van der Waals surface area contributed by atoms with E-state index in [-0.39, 0.29) is 5.56 Å². The summed E-state index contributed by atoms with van der Waals surface area (Å²) in [6, 6.07) is 9.28. The topological polar surface area (TPSA) is 97.3 Å². The van der Waals surface area contributed by atoms with Crippen LogP contribution in [0.15, 0.2) is 36.4 Å². The zero-order chi connectivity index (χ0) is 16.6. The van der Waals surface area contributed by atoms with Gasteiger partial charge in [0.25, 0.3) is 0 Å². The highest BCUT2D eigenvalue weighted by atomic mass is 16.6. The summed E-state index contributed by atoms with van der Waals surface area (Å²) in [7, 11) is 3.04. The van der Waals surface area contributed by atoms with Crippen LogP contribution in [0.5, 0.6) is 11.5 Å². The fourth-order valence-electron chi connectivity index (χ4n) is 2.32. The highest BCUT2D eigenvalue weighted by Crippen LogP contribution is 2.40. The first-order chi connectivity index (χ1) is 11.0. The predicted octanol–water partition coefficient (Wildman–Crippen LogP) is 1.02. The van der Waals surface area contributed by atoms with E-state index in [1.807, 2.05) is 0 Å². The summed E-state index contributed by atoms with van der Waals surface area (Å²) >= 11 is 0. The zero-order valence-electron chi connectivity index (χ0n) is 12.4. The van der Waals surface area contributed by atoms with Crippen molar-refractivity contribution in [2.24, 2.45) is 0 Å². The van der Waals surface area contributed by atoms with Gasteiger partial charge in [-0.05, 0) is 29.8 Å². The molecule has 0 unspecified atom stereocenters. The molecule has 0 atom stereocenters. The Labute approximate surface area is 132 Å². The maximum Gasteiger partial charge on any atom is 0.149 e. The van der Waals surface area contributed by atoms with Crippen LogP contribution in [0.3, 0.4) is 0 Å². The van der Waals surface area contributed by atoms with Crippen molar-refractivity contribution in [1.29, 1.82) is 0 Å². The number of methoxy groups -OCH3 is 2. The third-order valence-corrected chi connectivity index (χ3v) is 3.48. The third kappa shape index (κ3) is 2.44. The van der Waals surface area contributed by atoms with Crippen molar-refractivity contribution in [2.75, 3.05) is 29.9 Å². The highest BCUT2D eigenvalue weighted by Gasteiger charge is 2.29. The molecule has 0 saturated carbocycles. The molecule has 2 aromatic carbocycles. The minimum atomic E-state index is -1.29. The molecule has 1 aliphatic rings. The van der Waals surface area contributed by atoms with Crippen LogP contribution >= 0.6 is 0 Å². The average Bonchev–Trinajstić information content (AvgIpc) is 2.90. The van der Waals surface area contributed by atoms with Gasteiger partial charge in [-0.2, -0.15) is 5.12 Å². The summed E-state index contributed by atoms with van der Waals surface area (Å²) in [4.78, 5) is 10.9. The summed E-state index contributed by atoms with van der Waals surface area (Å²) in [5.74, 6) is -0.227. The van der Waals surface area contributed by atoms with E-state index < -0.39 is 5.97 Å². The highest BCUT2D eigenvalue weighted by molar-refractivity contribution is 5.91. The second kappa shape index (κ2) is 5.58. The van der Waals surface area contributed by atoms with E-state index in [0.717, 1.165) is 5.17 Å². The van der Waals surface area contributed by atoms with Crippen molar-refractivity contribution in [1.82, 2.24) is 0 Å². The number of carboxylic acid groups (broad SMARTS) is 1. The molecule has 0 saturated heterocycles. The van der Waals surface area contributed by atoms with Gasteiger partial charge in [0, 0.05) is 6.07 Å². The quantitative estimate of drug-likeness (QED) is 0.863. The fraction of sp³-hybridized carbons (Fsp3) is 0.133. The number of rotatable bonds is 4. The van der Waals surface area contributed by atoms with Crippen LogP contribution in [0, 0.1) is 0 Å². The van der Waals surface area contributed by atoms with E-state index in [1.54, 1.807) is 18.2 Å². The molecule has 23 heavy (non-hydrogen) atoms. The molecule has 0 spiro atoms. The Bertz CT molecular complexity index is 765. The molecule has 3 rings (SSSR count). The predicted molar refractivity (Wildman–Crippen MR) is 80.7 cm³/mol. The van der Waals surface area contributed by atoms with Crippen LogP contribution in [0.1, 0.15) is 10.4 Å². The Morgan fingerprint density at radius 1 is 1.13 bits per heavy atom. The number of anilines is 3. The van der Waals surface area contributed by atoms with Crippen molar-refractivity contribution >= 4 is 23.0 Å². The molecule has 0 aliphatic carbocycles. The van der Waals surface area contributed by atoms with Gasteiger partial charge >= 0.3 is 0 Å². The lowest BCUT2D eigenvalue weighted by atomic mass is 10.2. The van der Waals surface area contributed by atoms with Crippen molar-refractivity contribution < 1.29 is 24.6 Å². The Balaban J connectivity index is 1.98. The number of carbonyl (C=O) groups excluding carboxylic acids is 1. The lowest BCUT2D eigenvalue weighted by Gasteiger charge is -2.26. The van der Waals surface area contributed by atoms with Gasteiger partial charge in [0.2, 0.25) is 0 Å². The van der Waals surface area contributed by atoms with Gasteiger partial charge in [-0.1, -0.05) is 6.07 Å². The molecule has 0 radical (unpaired) electrons. The van der Waals surface area contributed by atoms with E-state index in [0.29, 0.717) is 28.6 Å². The van der Waals surface area contributed by atoms with Gasteiger partial charge in [0.1, 0.15) is 22.9 Å².